The highest BCUT2D eigenvalue weighted by atomic mass is 35.5. The predicted molar refractivity (Wildman–Crippen MR) is 79.5 cm³/mol. The molecular formula is C15H10ClF2N3O2. The van der Waals surface area contributed by atoms with Crippen molar-refractivity contribution in [3.8, 4) is 11.5 Å². The number of pyridine rings is 1. The minimum absolute atomic E-state index is 0.123. The first-order chi connectivity index (χ1) is 11.0. The third-order valence-corrected chi connectivity index (χ3v) is 3.54. The highest BCUT2D eigenvalue weighted by Gasteiger charge is 2.17. The van der Waals surface area contributed by atoms with E-state index in [4.69, 9.17) is 16.0 Å². The molecule has 0 spiro atoms. The molecule has 118 valence electrons. The molecule has 0 unspecified atom stereocenters. The third kappa shape index (κ3) is 3.29. The van der Waals surface area contributed by atoms with Crippen molar-refractivity contribution >= 4 is 11.6 Å². The molecule has 0 aliphatic rings. The summed E-state index contributed by atoms with van der Waals surface area (Å²) in [5.74, 6) is -0.900. The summed E-state index contributed by atoms with van der Waals surface area (Å²) in [4.78, 5) is 12.2. The van der Waals surface area contributed by atoms with Gasteiger partial charge in [0.25, 0.3) is 11.4 Å². The van der Waals surface area contributed by atoms with Gasteiger partial charge >= 0.3 is 6.43 Å². The number of halogens is 3. The van der Waals surface area contributed by atoms with Crippen LogP contribution in [0.3, 0.4) is 0 Å². The molecule has 0 radical (unpaired) electrons. The summed E-state index contributed by atoms with van der Waals surface area (Å²) < 4.78 is 31.2. The Morgan fingerprint density at radius 2 is 2.00 bits per heavy atom. The molecule has 23 heavy (non-hydrogen) atoms. The van der Waals surface area contributed by atoms with Crippen LogP contribution in [0.15, 0.2) is 51.8 Å². The van der Waals surface area contributed by atoms with Crippen LogP contribution in [0, 0.1) is 0 Å². The molecule has 0 amide bonds. The Balaban J connectivity index is 1.89. The number of benzene rings is 1. The summed E-state index contributed by atoms with van der Waals surface area (Å²) >= 11 is 6.07. The number of hydrogen-bond acceptors (Lipinski definition) is 4. The average Bonchev–Trinajstić information content (AvgIpc) is 3.01. The minimum Gasteiger partial charge on any atom is -0.415 e. The minimum atomic E-state index is -2.85. The van der Waals surface area contributed by atoms with Crippen molar-refractivity contribution in [2.75, 3.05) is 0 Å². The van der Waals surface area contributed by atoms with Crippen molar-refractivity contribution in [2.24, 2.45) is 0 Å². The second-order valence-electron chi connectivity index (χ2n) is 4.72. The zero-order chi connectivity index (χ0) is 16.4. The van der Waals surface area contributed by atoms with E-state index in [2.05, 4.69) is 10.2 Å². The van der Waals surface area contributed by atoms with E-state index in [0.717, 1.165) is 5.56 Å². The number of hydrogen-bond donors (Lipinski definition) is 0. The largest absolute Gasteiger partial charge is 0.415 e. The zero-order valence-corrected chi connectivity index (χ0v) is 12.4. The average molecular weight is 338 g/mol. The van der Waals surface area contributed by atoms with Crippen molar-refractivity contribution < 1.29 is 13.2 Å². The molecule has 0 N–H and O–H groups in total. The van der Waals surface area contributed by atoms with E-state index in [1.54, 1.807) is 18.2 Å². The molecule has 2 heterocycles. The molecule has 0 aliphatic heterocycles. The first-order valence-electron chi connectivity index (χ1n) is 6.60. The molecule has 8 heteroatoms. The monoisotopic (exact) mass is 337 g/mol. The van der Waals surface area contributed by atoms with Gasteiger partial charge in [-0.25, -0.2) is 0 Å². The quantitative estimate of drug-likeness (QED) is 0.730. The fraction of sp³-hybridized carbons (Fsp3) is 0.133. The Kier molecular flexibility index (Phi) is 4.20. The van der Waals surface area contributed by atoms with Crippen LogP contribution >= 0.6 is 11.6 Å². The fourth-order valence-electron chi connectivity index (χ4n) is 2.02. The maximum absolute atomic E-state index is 12.4. The van der Waals surface area contributed by atoms with Crippen molar-refractivity contribution in [2.45, 2.75) is 13.0 Å². The van der Waals surface area contributed by atoms with Crippen LogP contribution in [0.4, 0.5) is 8.78 Å². The molecule has 0 bridgehead atoms. The van der Waals surface area contributed by atoms with E-state index in [9.17, 15) is 13.6 Å². The molecule has 3 rings (SSSR count). The maximum atomic E-state index is 12.4. The molecule has 5 nitrogen and oxygen atoms in total. The fourth-order valence-corrected chi connectivity index (χ4v) is 2.22. The molecule has 1 aromatic carbocycles. The van der Waals surface area contributed by atoms with E-state index < -0.39 is 12.3 Å². The van der Waals surface area contributed by atoms with Gasteiger partial charge in [-0.15, -0.1) is 10.2 Å². The SMILES string of the molecule is O=c1cc(-c2nnc(C(F)F)o2)ccn1Cc1ccccc1Cl. The maximum Gasteiger partial charge on any atom is 0.314 e. The summed E-state index contributed by atoms with van der Waals surface area (Å²) in [5, 5.41) is 7.30. The first kappa shape index (κ1) is 15.4. The predicted octanol–water partition coefficient (Wildman–Crippen LogP) is 3.54. The van der Waals surface area contributed by atoms with E-state index in [-0.39, 0.29) is 17.0 Å². The van der Waals surface area contributed by atoms with Gasteiger partial charge in [0.1, 0.15) is 0 Å². The van der Waals surface area contributed by atoms with Gasteiger partial charge < -0.3 is 8.98 Å². The summed E-state index contributed by atoms with van der Waals surface area (Å²) in [6.45, 7) is 0.297. The highest BCUT2D eigenvalue weighted by Crippen LogP contribution is 2.22. The summed E-state index contributed by atoms with van der Waals surface area (Å²) in [6.07, 6.45) is -1.33. The molecule has 0 atom stereocenters. The van der Waals surface area contributed by atoms with E-state index in [0.29, 0.717) is 11.6 Å². The molecule has 0 saturated carbocycles. The highest BCUT2D eigenvalue weighted by molar-refractivity contribution is 6.31. The van der Waals surface area contributed by atoms with Gasteiger partial charge in [-0.2, -0.15) is 8.78 Å². The van der Waals surface area contributed by atoms with Crippen LogP contribution in [0.1, 0.15) is 17.9 Å². The Bertz CT molecular complexity index is 892. The number of rotatable bonds is 4. The Morgan fingerprint density at radius 1 is 1.22 bits per heavy atom. The van der Waals surface area contributed by atoms with Crippen LogP contribution < -0.4 is 5.56 Å². The van der Waals surface area contributed by atoms with Gasteiger partial charge in [0.05, 0.1) is 6.54 Å². The van der Waals surface area contributed by atoms with Crippen molar-refractivity contribution in [1.29, 1.82) is 0 Å². The van der Waals surface area contributed by atoms with Crippen LogP contribution in [-0.4, -0.2) is 14.8 Å². The van der Waals surface area contributed by atoms with Crippen molar-refractivity contribution in [3.05, 3.63) is 69.4 Å². The second-order valence-corrected chi connectivity index (χ2v) is 5.13. The van der Waals surface area contributed by atoms with Crippen LogP contribution in [0.2, 0.25) is 5.02 Å². The van der Waals surface area contributed by atoms with Gasteiger partial charge in [0.2, 0.25) is 5.89 Å². The molecule has 0 saturated heterocycles. The van der Waals surface area contributed by atoms with Crippen LogP contribution in [0.5, 0.6) is 0 Å². The van der Waals surface area contributed by atoms with Gasteiger partial charge in [0.15, 0.2) is 0 Å². The number of alkyl halides is 2. The Morgan fingerprint density at radius 3 is 2.65 bits per heavy atom. The Hall–Kier alpha value is -2.54. The summed E-state index contributed by atoms with van der Waals surface area (Å²) in [5.41, 5.74) is 0.741. The van der Waals surface area contributed by atoms with Crippen molar-refractivity contribution in [3.63, 3.8) is 0 Å². The van der Waals surface area contributed by atoms with Gasteiger partial charge in [-0.05, 0) is 17.7 Å². The smallest absolute Gasteiger partial charge is 0.314 e. The zero-order valence-electron chi connectivity index (χ0n) is 11.6. The van der Waals surface area contributed by atoms with Crippen molar-refractivity contribution in [1.82, 2.24) is 14.8 Å². The first-order valence-corrected chi connectivity index (χ1v) is 6.98. The van der Waals surface area contributed by atoms with E-state index >= 15 is 0 Å². The molecule has 0 fully saturated rings. The van der Waals surface area contributed by atoms with Crippen LogP contribution in [0.25, 0.3) is 11.5 Å². The lowest BCUT2D eigenvalue weighted by atomic mass is 10.2. The molecular weight excluding hydrogens is 328 g/mol. The van der Waals surface area contributed by atoms with Gasteiger partial charge in [-0.1, -0.05) is 29.8 Å². The van der Waals surface area contributed by atoms with Gasteiger partial charge in [0, 0.05) is 22.8 Å². The van der Waals surface area contributed by atoms with E-state index in [1.165, 1.54) is 16.8 Å². The second kappa shape index (κ2) is 6.29. The molecule has 0 aliphatic carbocycles. The lowest BCUT2D eigenvalue weighted by molar-refractivity contribution is 0.116. The number of nitrogens with zero attached hydrogens (tertiary/aromatic N) is 3. The molecule has 3 aromatic rings. The van der Waals surface area contributed by atoms with E-state index in [1.807, 2.05) is 12.1 Å². The summed E-state index contributed by atoms with van der Waals surface area (Å²) in [6, 6.07) is 9.97. The lowest BCUT2D eigenvalue weighted by Crippen LogP contribution is -2.19. The van der Waals surface area contributed by atoms with Gasteiger partial charge in [-0.3, -0.25) is 4.79 Å². The summed E-state index contributed by atoms with van der Waals surface area (Å²) in [7, 11) is 0. The lowest BCUT2D eigenvalue weighted by Gasteiger charge is -2.07. The van der Waals surface area contributed by atoms with Crippen LogP contribution in [-0.2, 0) is 6.54 Å². The Labute approximate surface area is 134 Å². The normalized spacial score (nSPS) is 11.1. The topological polar surface area (TPSA) is 60.9 Å². The number of aromatic nitrogens is 3. The third-order valence-electron chi connectivity index (χ3n) is 3.17. The standard InChI is InChI=1S/C15H10ClF2N3O2/c16-11-4-2-1-3-10(11)8-21-6-5-9(7-12(21)22)14-19-20-15(23-14)13(17)18/h1-7,13H,8H2. The molecule has 2 aromatic heterocycles.